The van der Waals surface area contributed by atoms with Gasteiger partial charge in [0.2, 0.25) is 0 Å². The summed E-state index contributed by atoms with van der Waals surface area (Å²) in [4.78, 5) is 22.4. The minimum atomic E-state index is -1.07. The zero-order valence-electron chi connectivity index (χ0n) is 16.3. The summed E-state index contributed by atoms with van der Waals surface area (Å²) in [6, 6.07) is 14.2. The summed E-state index contributed by atoms with van der Waals surface area (Å²) in [6.45, 7) is 0.973. The Morgan fingerprint density at radius 1 is 1.07 bits per heavy atom. The topological polar surface area (TPSA) is 114 Å². The normalized spacial score (nSPS) is 12.6. The van der Waals surface area contributed by atoms with Crippen molar-refractivity contribution < 1.29 is 19.4 Å². The van der Waals surface area contributed by atoms with Crippen LogP contribution in [0.5, 0.6) is 0 Å². The van der Waals surface area contributed by atoms with Crippen LogP contribution in [0.3, 0.4) is 0 Å². The number of fused-ring (bicyclic) bond motifs is 3. The summed E-state index contributed by atoms with van der Waals surface area (Å²) >= 11 is 0. The van der Waals surface area contributed by atoms with E-state index in [-0.39, 0.29) is 19.2 Å². The fourth-order valence-corrected chi connectivity index (χ4v) is 3.60. The molecule has 0 bridgehead atoms. The molecule has 0 saturated heterocycles. The second-order valence-corrected chi connectivity index (χ2v) is 7.22. The monoisotopic (exact) mass is 397 g/mol. The Morgan fingerprint density at radius 3 is 2.69 bits per heavy atom. The van der Waals surface area contributed by atoms with Crippen LogP contribution in [0.4, 0.5) is 9.59 Å². The Labute approximate surface area is 170 Å². The second-order valence-electron chi connectivity index (χ2n) is 7.22. The lowest BCUT2D eigenvalue weighted by atomic mass is 10.0. The molecule has 29 heavy (non-hydrogen) atoms. The van der Waals surface area contributed by atoms with Crippen LogP contribution < -0.4 is 16.4 Å². The van der Waals surface area contributed by atoms with Gasteiger partial charge in [-0.05, 0) is 47.1 Å². The number of carbonyl (C=O) groups is 2. The minimum Gasteiger partial charge on any atom is -0.465 e. The van der Waals surface area contributed by atoms with Gasteiger partial charge in [0.25, 0.3) is 0 Å². The number of ether oxygens (including phenoxy) is 1. The van der Waals surface area contributed by atoms with E-state index in [4.69, 9.17) is 15.6 Å². The number of amides is 2. The van der Waals surface area contributed by atoms with E-state index in [1.165, 1.54) is 22.3 Å². The van der Waals surface area contributed by atoms with Crippen LogP contribution in [-0.4, -0.2) is 36.4 Å². The van der Waals surface area contributed by atoms with Crippen molar-refractivity contribution in [2.75, 3.05) is 13.1 Å². The van der Waals surface area contributed by atoms with Crippen molar-refractivity contribution in [1.29, 1.82) is 0 Å². The van der Waals surface area contributed by atoms with Gasteiger partial charge in [0.05, 0.1) is 0 Å². The Balaban J connectivity index is 1.37. The fourth-order valence-electron chi connectivity index (χ4n) is 3.60. The largest absolute Gasteiger partial charge is 0.465 e. The molecule has 0 aliphatic heterocycles. The van der Waals surface area contributed by atoms with Crippen LogP contribution in [0.25, 0.3) is 11.1 Å². The predicted octanol–water partition coefficient (Wildman–Crippen LogP) is 3.25. The number of alkyl carbamates (subject to hydrolysis) is 1. The second kappa shape index (κ2) is 9.93. The van der Waals surface area contributed by atoms with Gasteiger partial charge in [-0.15, -0.1) is 0 Å². The maximum Gasteiger partial charge on any atom is 0.407 e. The van der Waals surface area contributed by atoms with Gasteiger partial charge in [-0.1, -0.05) is 48.9 Å². The SMILES string of the molecule is N[C@H](CCCCNC(=O)OCc1cccc2c1Cc1ccccc1-2)CNC(=O)O. The standard InChI is InChI=1S/C22H27N3O4/c23-17(13-25-21(26)27)8-3-4-11-24-22(28)29-14-16-7-5-10-19-18-9-2-1-6-15(18)12-20(16)19/h1-2,5-7,9-10,17,25H,3-4,8,11-14,23H2,(H,24,28)(H,26,27)/t17-/m1/s1. The lowest BCUT2D eigenvalue weighted by Gasteiger charge is -2.12. The van der Waals surface area contributed by atoms with Crippen molar-refractivity contribution in [3.8, 4) is 11.1 Å². The molecule has 1 aliphatic rings. The molecule has 0 radical (unpaired) electrons. The molecule has 3 rings (SSSR count). The van der Waals surface area contributed by atoms with E-state index in [1.54, 1.807) is 0 Å². The Hall–Kier alpha value is -3.06. The van der Waals surface area contributed by atoms with Gasteiger partial charge in [-0.25, -0.2) is 9.59 Å². The summed E-state index contributed by atoms with van der Waals surface area (Å²) in [5.74, 6) is 0. The Kier molecular flexibility index (Phi) is 7.08. The van der Waals surface area contributed by atoms with Gasteiger partial charge in [0.1, 0.15) is 6.61 Å². The number of hydrogen-bond acceptors (Lipinski definition) is 4. The van der Waals surface area contributed by atoms with Crippen molar-refractivity contribution in [2.45, 2.75) is 38.3 Å². The van der Waals surface area contributed by atoms with Crippen molar-refractivity contribution in [2.24, 2.45) is 5.73 Å². The molecule has 5 N–H and O–H groups in total. The first-order valence-corrected chi connectivity index (χ1v) is 9.86. The number of nitrogens with two attached hydrogens (primary N) is 1. The quantitative estimate of drug-likeness (QED) is 0.414. The molecule has 0 spiro atoms. The molecule has 1 atom stereocenters. The van der Waals surface area contributed by atoms with Gasteiger partial charge in [-0.3, -0.25) is 0 Å². The molecule has 0 unspecified atom stereocenters. The molecule has 7 nitrogen and oxygen atoms in total. The molecule has 0 heterocycles. The smallest absolute Gasteiger partial charge is 0.407 e. The highest BCUT2D eigenvalue weighted by molar-refractivity contribution is 5.78. The molecule has 2 amide bonds. The van der Waals surface area contributed by atoms with Crippen molar-refractivity contribution in [3.63, 3.8) is 0 Å². The number of carbonyl (C=O) groups excluding carboxylic acids is 1. The summed E-state index contributed by atoms with van der Waals surface area (Å²) in [7, 11) is 0. The van der Waals surface area contributed by atoms with E-state index in [2.05, 4.69) is 28.8 Å². The Morgan fingerprint density at radius 2 is 1.86 bits per heavy atom. The average molecular weight is 397 g/mol. The zero-order valence-corrected chi connectivity index (χ0v) is 16.3. The van der Waals surface area contributed by atoms with Crippen LogP contribution in [0.2, 0.25) is 0 Å². The molecule has 0 fully saturated rings. The maximum absolute atomic E-state index is 12.0. The molecular weight excluding hydrogens is 370 g/mol. The highest BCUT2D eigenvalue weighted by Crippen LogP contribution is 2.38. The Bertz CT molecular complexity index is 869. The van der Waals surface area contributed by atoms with E-state index >= 15 is 0 Å². The molecule has 1 aliphatic carbocycles. The third-order valence-corrected chi connectivity index (χ3v) is 5.09. The highest BCUT2D eigenvalue weighted by Gasteiger charge is 2.20. The highest BCUT2D eigenvalue weighted by atomic mass is 16.5. The predicted molar refractivity (Wildman–Crippen MR) is 111 cm³/mol. The third-order valence-electron chi connectivity index (χ3n) is 5.09. The summed E-state index contributed by atoms with van der Waals surface area (Å²) in [5, 5.41) is 13.5. The number of hydrogen-bond donors (Lipinski definition) is 4. The minimum absolute atomic E-state index is 0.220. The molecule has 154 valence electrons. The first-order chi connectivity index (χ1) is 14.0. The molecule has 0 saturated carbocycles. The molecule has 2 aromatic carbocycles. The van der Waals surface area contributed by atoms with Gasteiger partial charge in [-0.2, -0.15) is 0 Å². The summed E-state index contributed by atoms with van der Waals surface area (Å²) < 4.78 is 5.39. The zero-order chi connectivity index (χ0) is 20.6. The van der Waals surface area contributed by atoms with E-state index in [1.807, 2.05) is 24.3 Å². The van der Waals surface area contributed by atoms with Crippen LogP contribution in [0.15, 0.2) is 42.5 Å². The van der Waals surface area contributed by atoms with E-state index in [0.29, 0.717) is 13.0 Å². The van der Waals surface area contributed by atoms with Crippen molar-refractivity contribution in [3.05, 3.63) is 59.2 Å². The van der Waals surface area contributed by atoms with Crippen molar-refractivity contribution >= 4 is 12.2 Å². The lowest BCUT2D eigenvalue weighted by molar-refractivity contribution is 0.139. The van der Waals surface area contributed by atoms with Gasteiger partial charge < -0.3 is 26.2 Å². The number of carboxylic acid groups (broad SMARTS) is 1. The molecular formula is C22H27N3O4. The number of nitrogens with one attached hydrogen (secondary N) is 2. The number of rotatable bonds is 9. The van der Waals surface area contributed by atoms with Crippen LogP contribution in [-0.2, 0) is 17.8 Å². The lowest BCUT2D eigenvalue weighted by Crippen LogP contribution is -2.36. The number of unbranched alkanes of at least 4 members (excludes halogenated alkanes) is 1. The van der Waals surface area contributed by atoms with Gasteiger partial charge in [0.15, 0.2) is 0 Å². The first-order valence-electron chi connectivity index (χ1n) is 9.86. The van der Waals surface area contributed by atoms with E-state index < -0.39 is 12.2 Å². The molecule has 0 aromatic heterocycles. The molecule has 7 heteroatoms. The van der Waals surface area contributed by atoms with Crippen molar-refractivity contribution in [1.82, 2.24) is 10.6 Å². The summed E-state index contributed by atoms with van der Waals surface area (Å²) in [5.41, 5.74) is 11.9. The first kappa shape index (κ1) is 20.7. The fraction of sp³-hybridized carbons (Fsp3) is 0.364. The number of benzene rings is 2. The van der Waals surface area contributed by atoms with Gasteiger partial charge in [0, 0.05) is 19.1 Å². The summed E-state index contributed by atoms with van der Waals surface area (Å²) in [6.07, 6.45) is 1.60. The molecule has 2 aromatic rings. The third kappa shape index (κ3) is 5.71. The average Bonchev–Trinajstić information content (AvgIpc) is 3.10. The van der Waals surface area contributed by atoms with Crippen LogP contribution in [0.1, 0.15) is 36.0 Å². The van der Waals surface area contributed by atoms with E-state index in [9.17, 15) is 9.59 Å². The van der Waals surface area contributed by atoms with E-state index in [0.717, 1.165) is 24.8 Å². The van der Waals surface area contributed by atoms with Crippen LogP contribution >= 0.6 is 0 Å². The van der Waals surface area contributed by atoms with Gasteiger partial charge >= 0.3 is 12.2 Å². The van der Waals surface area contributed by atoms with Crippen LogP contribution in [0, 0.1) is 0 Å². The maximum atomic E-state index is 12.0.